The Hall–Kier alpha value is -2.39. The largest absolute Gasteiger partial charge is 0.379 e. The summed E-state index contributed by atoms with van der Waals surface area (Å²) in [6, 6.07) is 4.52. The fourth-order valence-corrected chi connectivity index (χ4v) is 5.65. The van der Waals surface area contributed by atoms with Gasteiger partial charge in [0.25, 0.3) is 0 Å². The van der Waals surface area contributed by atoms with E-state index in [1.807, 2.05) is 19.2 Å². The van der Waals surface area contributed by atoms with Crippen molar-refractivity contribution in [3.63, 3.8) is 0 Å². The molecule has 36 heavy (non-hydrogen) atoms. The fourth-order valence-electron chi connectivity index (χ4n) is 5.14. The topological polar surface area (TPSA) is 73.1 Å². The highest BCUT2D eigenvalue weighted by molar-refractivity contribution is 9.10. The van der Waals surface area contributed by atoms with Crippen molar-refractivity contribution in [3.8, 4) is 5.69 Å². The van der Waals surface area contributed by atoms with Crippen LogP contribution in [0, 0.1) is 13.8 Å². The van der Waals surface area contributed by atoms with Gasteiger partial charge < -0.3 is 4.74 Å². The quantitative estimate of drug-likeness (QED) is 0.292. The number of hydrogen-bond donors (Lipinski definition) is 0. The molecule has 2 aliphatic rings. The van der Waals surface area contributed by atoms with Crippen LogP contribution in [-0.2, 0) is 11.2 Å². The minimum absolute atomic E-state index is 0.00277. The summed E-state index contributed by atoms with van der Waals surface area (Å²) < 4.78 is 7.94. The van der Waals surface area contributed by atoms with E-state index in [2.05, 4.69) is 50.0 Å². The molecule has 1 unspecified atom stereocenters. The molecule has 0 aromatic carbocycles. The lowest BCUT2D eigenvalue weighted by molar-refractivity contribution is 0.0150. The first-order valence-corrected chi connectivity index (χ1v) is 13.4. The van der Waals surface area contributed by atoms with Gasteiger partial charge in [-0.3, -0.25) is 14.7 Å². The Morgan fingerprint density at radius 3 is 2.69 bits per heavy atom. The third-order valence-corrected chi connectivity index (χ3v) is 7.80. The number of Topliss-reactive ketones (excluding diaryl/α,β-unsaturated/α-hetero) is 1. The Morgan fingerprint density at radius 1 is 1.17 bits per heavy atom. The summed E-state index contributed by atoms with van der Waals surface area (Å²) in [5.74, 6) is -0.00277. The molecular formula is C27H29BrClN5O2. The first kappa shape index (κ1) is 25.3. The molecular weight excluding hydrogens is 542 g/mol. The highest BCUT2D eigenvalue weighted by Crippen LogP contribution is 2.31. The van der Waals surface area contributed by atoms with Crippen molar-refractivity contribution in [2.24, 2.45) is 0 Å². The van der Waals surface area contributed by atoms with Crippen LogP contribution in [0.25, 0.3) is 11.3 Å². The molecule has 5 rings (SSSR count). The van der Waals surface area contributed by atoms with Gasteiger partial charge in [-0.25, -0.2) is 9.67 Å². The lowest BCUT2D eigenvalue weighted by Crippen LogP contribution is -2.43. The van der Waals surface area contributed by atoms with Crippen molar-refractivity contribution in [1.82, 2.24) is 24.6 Å². The summed E-state index contributed by atoms with van der Waals surface area (Å²) in [7, 11) is 0. The van der Waals surface area contributed by atoms with Gasteiger partial charge in [-0.05, 0) is 71.8 Å². The van der Waals surface area contributed by atoms with Crippen LogP contribution < -0.4 is 0 Å². The number of allylic oxidation sites excluding steroid dienone is 1. The summed E-state index contributed by atoms with van der Waals surface area (Å²) in [5, 5.41) is 4.73. The van der Waals surface area contributed by atoms with Gasteiger partial charge in [0.15, 0.2) is 10.9 Å². The van der Waals surface area contributed by atoms with Gasteiger partial charge in [0.1, 0.15) is 5.69 Å². The van der Waals surface area contributed by atoms with E-state index in [1.54, 1.807) is 17.1 Å². The van der Waals surface area contributed by atoms with Gasteiger partial charge in [-0.1, -0.05) is 23.7 Å². The number of hydrogen-bond acceptors (Lipinski definition) is 6. The van der Waals surface area contributed by atoms with E-state index in [1.165, 1.54) is 5.57 Å². The molecule has 0 amide bonds. The van der Waals surface area contributed by atoms with Gasteiger partial charge in [0, 0.05) is 42.4 Å². The number of pyridine rings is 2. The second-order valence-corrected chi connectivity index (χ2v) is 10.7. The molecule has 9 heteroatoms. The van der Waals surface area contributed by atoms with Crippen LogP contribution in [0.3, 0.4) is 0 Å². The molecule has 1 atom stereocenters. The number of nitrogens with zero attached hydrogens (tertiary/aromatic N) is 5. The number of carbonyl (C=O) groups excluding carboxylic acids is 1. The molecule has 0 bridgehead atoms. The summed E-state index contributed by atoms with van der Waals surface area (Å²) >= 11 is 9.68. The van der Waals surface area contributed by atoms with E-state index >= 15 is 0 Å². The maximum atomic E-state index is 13.2. The summed E-state index contributed by atoms with van der Waals surface area (Å²) in [6.45, 7) is 7.67. The van der Waals surface area contributed by atoms with Crippen LogP contribution in [0.15, 0.2) is 41.3 Å². The van der Waals surface area contributed by atoms with Crippen LogP contribution in [0.5, 0.6) is 0 Å². The number of carbonyl (C=O) groups is 1. The van der Waals surface area contributed by atoms with Crippen LogP contribution in [0.2, 0.25) is 5.15 Å². The van der Waals surface area contributed by atoms with Gasteiger partial charge in [-0.15, -0.1) is 0 Å². The monoisotopic (exact) mass is 569 g/mol. The minimum Gasteiger partial charge on any atom is -0.379 e. The van der Waals surface area contributed by atoms with E-state index < -0.39 is 0 Å². The Kier molecular flexibility index (Phi) is 7.67. The predicted molar refractivity (Wildman–Crippen MR) is 144 cm³/mol. The third-order valence-electron chi connectivity index (χ3n) is 7.07. The summed E-state index contributed by atoms with van der Waals surface area (Å²) in [6.07, 6.45) is 10.9. The minimum atomic E-state index is -0.00277. The van der Waals surface area contributed by atoms with Gasteiger partial charge in [-0.2, -0.15) is 5.10 Å². The van der Waals surface area contributed by atoms with Gasteiger partial charge >= 0.3 is 0 Å². The first-order chi connectivity index (χ1) is 17.4. The zero-order valence-corrected chi connectivity index (χ0v) is 22.8. The lowest BCUT2D eigenvalue weighted by Gasteiger charge is -2.36. The van der Waals surface area contributed by atoms with E-state index in [9.17, 15) is 4.79 Å². The van der Waals surface area contributed by atoms with Crippen molar-refractivity contribution in [2.75, 3.05) is 26.3 Å². The van der Waals surface area contributed by atoms with Crippen LogP contribution in [0.1, 0.15) is 52.1 Å². The Bertz CT molecular complexity index is 1320. The molecule has 1 aliphatic heterocycles. The molecule has 0 spiro atoms. The average Bonchev–Trinajstić information content (AvgIpc) is 3.27. The van der Waals surface area contributed by atoms with Crippen molar-refractivity contribution in [2.45, 2.75) is 45.6 Å². The second kappa shape index (κ2) is 10.9. The molecule has 3 aromatic rings. The summed E-state index contributed by atoms with van der Waals surface area (Å²) in [4.78, 5) is 24.6. The number of rotatable bonds is 6. The Morgan fingerprint density at radius 2 is 1.97 bits per heavy atom. The van der Waals surface area contributed by atoms with E-state index in [0.717, 1.165) is 72.6 Å². The van der Waals surface area contributed by atoms with Crippen LogP contribution >= 0.6 is 27.5 Å². The standard InChI is InChI=1S/C27H29BrClN5O2/c1-17-11-19(14-30-26(17)20-3-5-22(6-4-20)33-7-9-36-10-8-33)12-25(35)23-16-32-34(18(23)2)24-13-21(28)15-31-27(24)29/h3,11,13-16,22H,4-10,12H2,1-2H3. The molecule has 1 aliphatic carbocycles. The van der Waals surface area contributed by atoms with E-state index in [4.69, 9.17) is 21.3 Å². The molecule has 4 heterocycles. The highest BCUT2D eigenvalue weighted by Gasteiger charge is 2.24. The first-order valence-electron chi connectivity index (χ1n) is 12.3. The zero-order valence-electron chi connectivity index (χ0n) is 20.5. The average molecular weight is 571 g/mol. The molecule has 0 N–H and O–H groups in total. The third kappa shape index (κ3) is 5.32. The smallest absolute Gasteiger partial charge is 0.170 e. The predicted octanol–water partition coefficient (Wildman–Crippen LogP) is 5.39. The van der Waals surface area contributed by atoms with E-state index in [0.29, 0.717) is 22.4 Å². The second-order valence-electron chi connectivity index (χ2n) is 9.43. The maximum Gasteiger partial charge on any atom is 0.170 e. The number of morpholine rings is 1. The number of ether oxygens (including phenoxy) is 1. The van der Waals surface area contributed by atoms with Crippen molar-refractivity contribution in [3.05, 3.63) is 74.5 Å². The molecule has 1 saturated heterocycles. The van der Waals surface area contributed by atoms with Crippen molar-refractivity contribution in [1.29, 1.82) is 0 Å². The fraction of sp³-hybridized carbons (Fsp3) is 0.407. The number of halogens is 2. The van der Waals surface area contributed by atoms with Crippen LogP contribution in [0.4, 0.5) is 0 Å². The molecule has 0 radical (unpaired) electrons. The molecule has 3 aromatic heterocycles. The van der Waals surface area contributed by atoms with E-state index in [-0.39, 0.29) is 12.2 Å². The zero-order chi connectivity index (χ0) is 25.2. The highest BCUT2D eigenvalue weighted by atomic mass is 79.9. The van der Waals surface area contributed by atoms with Crippen molar-refractivity contribution >= 4 is 38.9 Å². The molecule has 188 valence electrons. The summed E-state index contributed by atoms with van der Waals surface area (Å²) in [5.41, 5.74) is 6.29. The Balaban J connectivity index is 1.28. The van der Waals surface area contributed by atoms with Crippen molar-refractivity contribution < 1.29 is 9.53 Å². The van der Waals surface area contributed by atoms with Crippen LogP contribution in [-0.4, -0.2) is 62.8 Å². The molecule has 0 saturated carbocycles. The SMILES string of the molecule is Cc1cc(CC(=O)c2cnn(-c3cc(Br)cnc3Cl)c2C)cnc1C1=CCC(N2CCOCC2)CC1. The maximum absolute atomic E-state index is 13.2. The number of aromatic nitrogens is 4. The Labute approximate surface area is 224 Å². The molecule has 1 fully saturated rings. The van der Waals surface area contributed by atoms with Gasteiger partial charge in [0.2, 0.25) is 0 Å². The number of aryl methyl sites for hydroxylation is 1. The lowest BCUT2D eigenvalue weighted by atomic mass is 9.90. The normalized spacial score (nSPS) is 18.8. The van der Waals surface area contributed by atoms with Gasteiger partial charge in [0.05, 0.1) is 36.4 Å². The number of ketones is 1. The molecule has 7 nitrogen and oxygen atoms in total.